The second-order valence-corrected chi connectivity index (χ2v) is 12.2. The Balaban J connectivity index is 1.42. The summed E-state index contributed by atoms with van der Waals surface area (Å²) in [5.74, 6) is 1.04. The maximum Gasteiger partial charge on any atom is 0.236 e. The van der Waals surface area contributed by atoms with Crippen LogP contribution in [0.15, 0.2) is 48.7 Å². The summed E-state index contributed by atoms with van der Waals surface area (Å²) in [5.41, 5.74) is 2.38. The molecule has 1 aromatic heterocycles. The van der Waals surface area contributed by atoms with E-state index in [2.05, 4.69) is 44.8 Å². The van der Waals surface area contributed by atoms with Crippen molar-refractivity contribution in [2.24, 2.45) is 0 Å². The van der Waals surface area contributed by atoms with Crippen molar-refractivity contribution in [2.45, 2.75) is 25.9 Å². The molecule has 0 spiro atoms. The highest BCUT2D eigenvalue weighted by Gasteiger charge is 2.26. The molecule has 4 rings (SSSR count). The molecule has 0 atom stereocenters. The average molecular weight is 585 g/mol. The van der Waals surface area contributed by atoms with Gasteiger partial charge in [-0.05, 0) is 41.5 Å². The highest BCUT2D eigenvalue weighted by molar-refractivity contribution is 7.91. The van der Waals surface area contributed by atoms with Crippen LogP contribution in [0.25, 0.3) is 0 Å². The highest BCUT2D eigenvalue weighted by atomic mass is 35.5. The molecular weight excluding hydrogens is 552 g/mol. The summed E-state index contributed by atoms with van der Waals surface area (Å²) < 4.78 is 36.9. The lowest BCUT2D eigenvalue weighted by Crippen LogP contribution is -2.44. The predicted octanol–water partition coefficient (Wildman–Crippen LogP) is 3.56. The molecule has 1 aliphatic rings. The SMILES string of the molecule is CC(C)(c1ccc(OCc2ccnc(NS(C)(=O)=O)n2)cc1)c1cc(Cl)c(OCCN2CCNCC2)c(C#N)c1. The number of nitriles is 1. The summed E-state index contributed by atoms with van der Waals surface area (Å²) in [5, 5.41) is 13.6. The van der Waals surface area contributed by atoms with E-state index in [9.17, 15) is 13.7 Å². The van der Waals surface area contributed by atoms with Crippen LogP contribution in [-0.2, 0) is 22.0 Å². The molecule has 3 aromatic rings. The molecule has 0 aliphatic carbocycles. The molecule has 1 saturated heterocycles. The maximum atomic E-state index is 11.4. The fourth-order valence-electron chi connectivity index (χ4n) is 4.38. The Bertz CT molecular complexity index is 1470. The lowest BCUT2D eigenvalue weighted by atomic mass is 9.77. The zero-order valence-corrected chi connectivity index (χ0v) is 24.3. The fraction of sp³-hybridized carbons (Fsp3) is 0.393. The highest BCUT2D eigenvalue weighted by Crippen LogP contribution is 2.38. The monoisotopic (exact) mass is 584 g/mol. The van der Waals surface area contributed by atoms with E-state index in [1.54, 1.807) is 6.07 Å². The number of sulfonamides is 1. The number of ether oxygens (including phenoxy) is 2. The van der Waals surface area contributed by atoms with Crippen LogP contribution in [0, 0.1) is 11.3 Å². The Hall–Kier alpha value is -3.43. The van der Waals surface area contributed by atoms with Gasteiger partial charge in [0.2, 0.25) is 16.0 Å². The minimum atomic E-state index is -3.47. The van der Waals surface area contributed by atoms with Crippen molar-refractivity contribution in [3.05, 3.63) is 76.1 Å². The Morgan fingerprint density at radius 2 is 1.85 bits per heavy atom. The number of halogens is 1. The van der Waals surface area contributed by atoms with E-state index in [1.807, 2.05) is 36.4 Å². The summed E-state index contributed by atoms with van der Waals surface area (Å²) in [6.07, 6.45) is 2.50. The number of rotatable bonds is 11. The number of piperazine rings is 1. The lowest BCUT2D eigenvalue weighted by molar-refractivity contribution is 0.191. The molecule has 0 bridgehead atoms. The molecule has 0 amide bonds. The third kappa shape index (κ3) is 7.82. The van der Waals surface area contributed by atoms with E-state index >= 15 is 0 Å². The van der Waals surface area contributed by atoms with Gasteiger partial charge in [0.25, 0.3) is 0 Å². The summed E-state index contributed by atoms with van der Waals surface area (Å²) in [7, 11) is -3.47. The van der Waals surface area contributed by atoms with Crippen LogP contribution >= 0.6 is 11.6 Å². The largest absolute Gasteiger partial charge is 0.489 e. The summed E-state index contributed by atoms with van der Waals surface area (Å²) >= 11 is 6.63. The van der Waals surface area contributed by atoms with Crippen LogP contribution in [0.1, 0.15) is 36.2 Å². The third-order valence-electron chi connectivity index (χ3n) is 6.70. The van der Waals surface area contributed by atoms with Crippen LogP contribution in [0.5, 0.6) is 11.5 Å². The van der Waals surface area contributed by atoms with Crippen LogP contribution in [0.3, 0.4) is 0 Å². The first kappa shape index (κ1) is 29.6. The van der Waals surface area contributed by atoms with Crippen LogP contribution in [0.4, 0.5) is 5.95 Å². The Labute approximate surface area is 240 Å². The standard InChI is InChI=1S/C28H33ClN6O4S/c1-28(2,22-16-20(18-30)26(25(29)17-22)38-15-14-35-12-10-31-11-13-35)21-4-6-24(7-5-21)39-19-23-8-9-32-27(33-23)34-40(3,36)37/h4-9,16-17,31H,10-15,19H2,1-3H3,(H,32,33,34). The van der Waals surface area contributed by atoms with Crippen molar-refractivity contribution in [3.8, 4) is 17.6 Å². The number of nitrogens with one attached hydrogen (secondary N) is 2. The van der Waals surface area contributed by atoms with Gasteiger partial charge in [0.1, 0.15) is 25.0 Å². The van der Waals surface area contributed by atoms with E-state index in [0.717, 1.165) is 50.1 Å². The van der Waals surface area contributed by atoms with Crippen molar-refractivity contribution >= 4 is 27.6 Å². The molecule has 212 valence electrons. The van der Waals surface area contributed by atoms with Crippen LogP contribution in [-0.4, -0.2) is 68.9 Å². The Morgan fingerprint density at radius 1 is 1.12 bits per heavy atom. The van der Waals surface area contributed by atoms with Gasteiger partial charge in [-0.2, -0.15) is 5.26 Å². The lowest BCUT2D eigenvalue weighted by Gasteiger charge is -2.28. The number of nitrogens with zero attached hydrogens (tertiary/aromatic N) is 4. The number of hydrogen-bond acceptors (Lipinski definition) is 9. The van der Waals surface area contributed by atoms with Gasteiger partial charge in [-0.25, -0.2) is 18.4 Å². The first-order valence-electron chi connectivity index (χ1n) is 12.9. The quantitative estimate of drug-likeness (QED) is 0.347. The van der Waals surface area contributed by atoms with Gasteiger partial charge >= 0.3 is 0 Å². The average Bonchev–Trinajstić information content (AvgIpc) is 2.92. The topological polar surface area (TPSA) is 129 Å². The minimum absolute atomic E-state index is 0.00735. The molecule has 0 radical (unpaired) electrons. The third-order valence-corrected chi connectivity index (χ3v) is 7.54. The molecule has 2 N–H and O–H groups in total. The van der Waals surface area contributed by atoms with Crippen LogP contribution < -0.4 is 19.5 Å². The number of benzene rings is 2. The zero-order chi connectivity index (χ0) is 28.8. The molecule has 2 heterocycles. The summed E-state index contributed by atoms with van der Waals surface area (Å²) in [6.45, 7) is 9.40. The first-order valence-corrected chi connectivity index (χ1v) is 15.1. The van der Waals surface area contributed by atoms with Gasteiger partial charge in [0.05, 0.1) is 22.5 Å². The smallest absolute Gasteiger partial charge is 0.236 e. The number of hydrogen-bond donors (Lipinski definition) is 2. The second-order valence-electron chi connectivity index (χ2n) is 10.1. The van der Waals surface area contributed by atoms with Crippen molar-refractivity contribution in [1.29, 1.82) is 5.26 Å². The van der Waals surface area contributed by atoms with E-state index < -0.39 is 15.4 Å². The zero-order valence-electron chi connectivity index (χ0n) is 22.8. The molecular formula is C28H33ClN6O4S. The van der Waals surface area contributed by atoms with E-state index in [1.165, 1.54) is 6.20 Å². The molecule has 12 heteroatoms. The molecule has 0 saturated carbocycles. The van der Waals surface area contributed by atoms with Gasteiger partial charge in [-0.3, -0.25) is 9.62 Å². The second kappa shape index (κ2) is 12.8. The molecule has 0 unspecified atom stereocenters. The minimum Gasteiger partial charge on any atom is -0.489 e. The van der Waals surface area contributed by atoms with Crippen molar-refractivity contribution in [2.75, 3.05) is 50.3 Å². The number of anilines is 1. The maximum absolute atomic E-state index is 11.4. The first-order chi connectivity index (χ1) is 19.0. The number of aromatic nitrogens is 2. The molecule has 10 nitrogen and oxygen atoms in total. The van der Waals surface area contributed by atoms with Crippen molar-refractivity contribution in [3.63, 3.8) is 0 Å². The van der Waals surface area contributed by atoms with Crippen molar-refractivity contribution in [1.82, 2.24) is 20.2 Å². The van der Waals surface area contributed by atoms with Gasteiger partial charge < -0.3 is 14.8 Å². The van der Waals surface area contributed by atoms with Gasteiger partial charge in [-0.1, -0.05) is 37.6 Å². The molecule has 40 heavy (non-hydrogen) atoms. The van der Waals surface area contributed by atoms with Gasteiger partial charge in [-0.15, -0.1) is 0 Å². The predicted molar refractivity (Wildman–Crippen MR) is 154 cm³/mol. The molecule has 1 fully saturated rings. The molecule has 1 aliphatic heterocycles. The summed E-state index contributed by atoms with van der Waals surface area (Å²) in [4.78, 5) is 10.4. The van der Waals surface area contributed by atoms with E-state index in [4.69, 9.17) is 21.1 Å². The van der Waals surface area contributed by atoms with Crippen molar-refractivity contribution < 1.29 is 17.9 Å². The fourth-order valence-corrected chi connectivity index (χ4v) is 5.08. The normalized spacial score (nSPS) is 14.4. The van der Waals surface area contributed by atoms with E-state index in [-0.39, 0.29) is 12.6 Å². The Morgan fingerprint density at radius 3 is 2.52 bits per heavy atom. The van der Waals surface area contributed by atoms with Gasteiger partial charge in [0.15, 0.2) is 5.75 Å². The van der Waals surface area contributed by atoms with E-state index in [0.29, 0.717) is 34.4 Å². The molecule has 2 aromatic carbocycles. The van der Waals surface area contributed by atoms with Gasteiger partial charge in [0, 0.05) is 44.3 Å². The summed E-state index contributed by atoms with van der Waals surface area (Å²) in [6, 6.07) is 15.2. The van der Waals surface area contributed by atoms with Crippen LogP contribution in [0.2, 0.25) is 5.02 Å². The Kier molecular flexibility index (Phi) is 9.48.